The van der Waals surface area contributed by atoms with Gasteiger partial charge in [-0.1, -0.05) is 25.1 Å². The van der Waals surface area contributed by atoms with Crippen molar-refractivity contribution >= 4 is 43.4 Å². The minimum Gasteiger partial charge on any atom is -0.454 e. The van der Waals surface area contributed by atoms with Gasteiger partial charge in [-0.3, -0.25) is 10.1 Å². The van der Waals surface area contributed by atoms with Gasteiger partial charge in [0.1, 0.15) is 11.3 Å². The van der Waals surface area contributed by atoms with E-state index in [9.17, 15) is 13.2 Å². The van der Waals surface area contributed by atoms with Gasteiger partial charge in [-0.05, 0) is 55.2 Å². The van der Waals surface area contributed by atoms with Crippen LogP contribution in [0.15, 0.2) is 69.3 Å². The summed E-state index contributed by atoms with van der Waals surface area (Å²) in [5, 5.41) is 6.02. The average Bonchev–Trinajstić information content (AvgIpc) is 3.46. The number of aromatic nitrogens is 1. The molecule has 1 aliphatic rings. The summed E-state index contributed by atoms with van der Waals surface area (Å²) < 4.78 is 33.1. The largest absolute Gasteiger partial charge is 0.454 e. The molecule has 0 bridgehead atoms. The number of anilines is 1. The Balaban J connectivity index is 1.28. The topological polar surface area (TPSA) is 92.5 Å². The number of para-hydroxylation sites is 1. The number of hydrogen-bond donors (Lipinski definition) is 1. The number of amides is 1. The molecule has 0 aliphatic carbocycles. The van der Waals surface area contributed by atoms with Gasteiger partial charge in [-0.15, -0.1) is 11.3 Å². The lowest BCUT2D eigenvalue weighted by Gasteiger charge is -2.29. The zero-order valence-electron chi connectivity index (χ0n) is 18.0. The number of nitrogens with one attached hydrogen (secondary N) is 1. The molecule has 4 aromatic rings. The molecule has 0 saturated carbocycles. The number of rotatable bonds is 5. The third-order valence-electron chi connectivity index (χ3n) is 5.90. The molecule has 1 amide bonds. The minimum atomic E-state index is -3.54. The molecule has 3 heterocycles. The van der Waals surface area contributed by atoms with Crippen molar-refractivity contribution in [2.24, 2.45) is 5.92 Å². The van der Waals surface area contributed by atoms with E-state index in [1.807, 2.05) is 35.7 Å². The highest BCUT2D eigenvalue weighted by Gasteiger charge is 2.28. The number of fused-ring (bicyclic) bond motifs is 1. The Morgan fingerprint density at radius 2 is 1.85 bits per heavy atom. The number of carbonyl (C=O) groups excluding carboxylic acids is 1. The van der Waals surface area contributed by atoms with E-state index < -0.39 is 10.0 Å². The summed E-state index contributed by atoms with van der Waals surface area (Å²) in [4.78, 5) is 17.3. The van der Waals surface area contributed by atoms with Crippen molar-refractivity contribution in [2.75, 3.05) is 18.4 Å². The first-order chi connectivity index (χ1) is 15.9. The minimum absolute atomic E-state index is 0.204. The van der Waals surface area contributed by atoms with Gasteiger partial charge in [0.05, 0.1) is 4.90 Å². The van der Waals surface area contributed by atoms with Gasteiger partial charge in [0.25, 0.3) is 5.91 Å². The standard InChI is InChI=1S/C24H23N3O4S2/c1-16-10-12-27(13-11-16)33(29,30)19-8-6-17(7-9-19)23(28)26-24-25-20(15-32-24)22-14-18-4-2-3-5-21(18)31-22/h2-9,14-16H,10-13H2,1H3,(H,25,26,28). The summed E-state index contributed by atoms with van der Waals surface area (Å²) >= 11 is 1.30. The molecule has 2 aromatic heterocycles. The molecule has 1 fully saturated rings. The van der Waals surface area contributed by atoms with Gasteiger partial charge < -0.3 is 4.42 Å². The number of furan rings is 1. The SMILES string of the molecule is CC1CCN(S(=O)(=O)c2ccc(C(=O)Nc3nc(-c4cc5ccccc5o4)cs3)cc2)CC1. The van der Waals surface area contributed by atoms with Gasteiger partial charge in [-0.2, -0.15) is 4.31 Å². The van der Waals surface area contributed by atoms with E-state index in [2.05, 4.69) is 17.2 Å². The van der Waals surface area contributed by atoms with Crippen LogP contribution < -0.4 is 5.32 Å². The Labute approximate surface area is 196 Å². The van der Waals surface area contributed by atoms with E-state index in [0.29, 0.717) is 41.2 Å². The zero-order chi connectivity index (χ0) is 23.0. The zero-order valence-corrected chi connectivity index (χ0v) is 19.7. The van der Waals surface area contributed by atoms with E-state index in [-0.39, 0.29) is 10.8 Å². The van der Waals surface area contributed by atoms with Crippen LogP contribution in [0, 0.1) is 5.92 Å². The van der Waals surface area contributed by atoms with Gasteiger partial charge in [0.2, 0.25) is 10.0 Å². The molecular formula is C24H23N3O4S2. The Morgan fingerprint density at radius 1 is 1.12 bits per heavy atom. The van der Waals surface area contributed by atoms with Crippen molar-refractivity contribution in [3.05, 3.63) is 65.5 Å². The van der Waals surface area contributed by atoms with Crippen LogP contribution >= 0.6 is 11.3 Å². The molecule has 0 radical (unpaired) electrons. The Kier molecular flexibility index (Phi) is 5.77. The van der Waals surface area contributed by atoms with Crippen molar-refractivity contribution in [2.45, 2.75) is 24.7 Å². The number of carbonyl (C=O) groups is 1. The smallest absolute Gasteiger partial charge is 0.257 e. The van der Waals surface area contributed by atoms with Crippen molar-refractivity contribution in [1.82, 2.24) is 9.29 Å². The highest BCUT2D eigenvalue weighted by molar-refractivity contribution is 7.89. The van der Waals surface area contributed by atoms with Gasteiger partial charge in [0.15, 0.2) is 10.9 Å². The molecule has 5 rings (SSSR count). The highest BCUT2D eigenvalue weighted by atomic mass is 32.2. The first-order valence-corrected chi connectivity index (χ1v) is 13.1. The lowest BCUT2D eigenvalue weighted by molar-refractivity contribution is 0.102. The van der Waals surface area contributed by atoms with Crippen LogP contribution in [0.5, 0.6) is 0 Å². The predicted molar refractivity (Wildman–Crippen MR) is 129 cm³/mol. The van der Waals surface area contributed by atoms with Crippen LogP contribution in [0.25, 0.3) is 22.4 Å². The van der Waals surface area contributed by atoms with Crippen molar-refractivity contribution in [3.8, 4) is 11.5 Å². The summed E-state index contributed by atoms with van der Waals surface area (Å²) in [5.41, 5.74) is 1.78. The van der Waals surface area contributed by atoms with Crippen LogP contribution in [0.4, 0.5) is 5.13 Å². The Morgan fingerprint density at radius 3 is 2.58 bits per heavy atom. The fraction of sp³-hybridized carbons (Fsp3) is 0.250. The monoisotopic (exact) mass is 481 g/mol. The molecule has 9 heteroatoms. The van der Waals surface area contributed by atoms with Crippen molar-refractivity contribution in [3.63, 3.8) is 0 Å². The second kappa shape index (κ2) is 8.74. The molecule has 0 unspecified atom stereocenters. The molecule has 2 aromatic carbocycles. The summed E-state index contributed by atoms with van der Waals surface area (Å²) in [5.74, 6) is 0.826. The molecule has 170 valence electrons. The predicted octanol–water partition coefficient (Wildman–Crippen LogP) is 5.23. The third-order valence-corrected chi connectivity index (χ3v) is 8.57. The fourth-order valence-corrected chi connectivity index (χ4v) is 6.04. The van der Waals surface area contributed by atoms with E-state index >= 15 is 0 Å². The van der Waals surface area contributed by atoms with Crippen LogP contribution in [-0.2, 0) is 10.0 Å². The number of piperidine rings is 1. The fourth-order valence-electron chi connectivity index (χ4n) is 3.87. The van der Waals surface area contributed by atoms with Crippen LogP contribution in [0.2, 0.25) is 0 Å². The normalized spacial score (nSPS) is 15.7. The number of thiazole rings is 1. The maximum absolute atomic E-state index is 12.9. The Bertz CT molecular complexity index is 1370. The molecule has 1 N–H and O–H groups in total. The van der Waals surface area contributed by atoms with E-state index in [1.165, 1.54) is 39.9 Å². The third kappa shape index (κ3) is 4.44. The Hall–Kier alpha value is -3.01. The lowest BCUT2D eigenvalue weighted by Crippen LogP contribution is -2.37. The van der Waals surface area contributed by atoms with Crippen LogP contribution in [0.3, 0.4) is 0 Å². The first kappa shape index (κ1) is 21.8. The molecule has 0 atom stereocenters. The average molecular weight is 482 g/mol. The molecule has 0 spiro atoms. The van der Waals surface area contributed by atoms with Gasteiger partial charge in [-0.25, -0.2) is 13.4 Å². The van der Waals surface area contributed by atoms with E-state index in [1.54, 1.807) is 0 Å². The maximum Gasteiger partial charge on any atom is 0.257 e. The van der Waals surface area contributed by atoms with Gasteiger partial charge >= 0.3 is 0 Å². The van der Waals surface area contributed by atoms with E-state index in [4.69, 9.17) is 4.42 Å². The molecule has 1 aliphatic heterocycles. The summed E-state index contributed by atoms with van der Waals surface area (Å²) in [6.45, 7) is 3.20. The summed E-state index contributed by atoms with van der Waals surface area (Å²) in [6, 6.07) is 15.7. The quantitative estimate of drug-likeness (QED) is 0.421. The van der Waals surface area contributed by atoms with Gasteiger partial charge in [0, 0.05) is 29.4 Å². The first-order valence-electron chi connectivity index (χ1n) is 10.8. The number of sulfonamides is 1. The second-order valence-corrected chi connectivity index (χ2v) is 11.0. The number of hydrogen-bond acceptors (Lipinski definition) is 6. The number of nitrogens with zero attached hydrogens (tertiary/aromatic N) is 2. The molecule has 1 saturated heterocycles. The maximum atomic E-state index is 12.9. The highest BCUT2D eigenvalue weighted by Crippen LogP contribution is 2.30. The summed E-state index contributed by atoms with van der Waals surface area (Å²) in [6.07, 6.45) is 1.73. The van der Waals surface area contributed by atoms with Crippen molar-refractivity contribution in [1.29, 1.82) is 0 Å². The molecular weight excluding hydrogens is 458 g/mol. The summed E-state index contributed by atoms with van der Waals surface area (Å²) in [7, 11) is -3.54. The molecule has 7 nitrogen and oxygen atoms in total. The second-order valence-electron chi connectivity index (χ2n) is 8.25. The van der Waals surface area contributed by atoms with E-state index in [0.717, 1.165) is 23.8 Å². The van der Waals surface area contributed by atoms with Crippen molar-refractivity contribution < 1.29 is 17.6 Å². The van der Waals surface area contributed by atoms with Crippen LogP contribution in [0.1, 0.15) is 30.1 Å². The lowest BCUT2D eigenvalue weighted by atomic mass is 10.0. The molecule has 33 heavy (non-hydrogen) atoms. The number of benzene rings is 2. The van der Waals surface area contributed by atoms with Crippen LogP contribution in [-0.4, -0.2) is 36.7 Å².